The van der Waals surface area contributed by atoms with Crippen LogP contribution >= 0.6 is 11.6 Å². The second kappa shape index (κ2) is 10.2. The molecule has 1 amide bonds. The van der Waals surface area contributed by atoms with Crippen LogP contribution in [0.1, 0.15) is 40.1 Å². The number of cyclic esters (lactones) is 1. The molecule has 0 spiro atoms. The number of anilines is 1. The lowest BCUT2D eigenvalue weighted by Gasteiger charge is -2.32. The van der Waals surface area contributed by atoms with Crippen molar-refractivity contribution in [2.45, 2.75) is 26.2 Å². The number of carbonyl (C=O) groups excluding carboxylic acids is 2. The van der Waals surface area contributed by atoms with Crippen molar-refractivity contribution >= 4 is 29.2 Å². The normalized spacial score (nSPS) is 13.6. The van der Waals surface area contributed by atoms with Gasteiger partial charge in [0.2, 0.25) is 5.79 Å². The SMILES string of the molecule is COc1ccc(C(=O)N(Cc2ccc(-c3ccc(Cl)cc3)cc2)c2ccc3c(c2)C(=O)OC(C)(C)O3)cc1. The molecule has 0 N–H and O–H groups in total. The number of carbonyl (C=O) groups is 2. The summed E-state index contributed by atoms with van der Waals surface area (Å²) in [4.78, 5) is 28.1. The van der Waals surface area contributed by atoms with Crippen molar-refractivity contribution in [3.63, 3.8) is 0 Å². The zero-order valence-corrected chi connectivity index (χ0v) is 22.0. The second-order valence-electron chi connectivity index (χ2n) is 9.40. The lowest BCUT2D eigenvalue weighted by atomic mass is 10.0. The highest BCUT2D eigenvalue weighted by atomic mass is 35.5. The summed E-state index contributed by atoms with van der Waals surface area (Å²) in [5.41, 5.74) is 4.31. The van der Waals surface area contributed by atoms with Gasteiger partial charge in [-0.15, -0.1) is 0 Å². The van der Waals surface area contributed by atoms with E-state index in [1.165, 1.54) is 0 Å². The van der Waals surface area contributed by atoms with E-state index in [2.05, 4.69) is 0 Å². The number of nitrogens with zero attached hydrogens (tertiary/aromatic N) is 1. The number of hydrogen-bond acceptors (Lipinski definition) is 5. The topological polar surface area (TPSA) is 65.1 Å². The van der Waals surface area contributed by atoms with Crippen LogP contribution in [-0.2, 0) is 11.3 Å². The number of hydrogen-bond donors (Lipinski definition) is 0. The van der Waals surface area contributed by atoms with Crippen molar-refractivity contribution in [3.8, 4) is 22.6 Å². The van der Waals surface area contributed by atoms with Gasteiger partial charge in [-0.3, -0.25) is 4.79 Å². The number of benzene rings is 4. The number of esters is 1. The fourth-order valence-electron chi connectivity index (χ4n) is 4.30. The number of methoxy groups -OCH3 is 1. The molecule has 0 bridgehead atoms. The second-order valence-corrected chi connectivity index (χ2v) is 9.83. The molecule has 0 radical (unpaired) electrons. The number of halogens is 1. The van der Waals surface area contributed by atoms with Crippen LogP contribution in [-0.4, -0.2) is 24.8 Å². The van der Waals surface area contributed by atoms with Gasteiger partial charge in [0.25, 0.3) is 5.91 Å². The molecule has 1 aliphatic heterocycles. The minimum atomic E-state index is -1.06. The Hall–Kier alpha value is -4.29. The Kier molecular flexibility index (Phi) is 6.83. The molecule has 5 rings (SSSR count). The van der Waals surface area contributed by atoms with Crippen LogP contribution in [0.5, 0.6) is 11.5 Å². The summed E-state index contributed by atoms with van der Waals surface area (Å²) in [6.45, 7) is 3.63. The first-order valence-electron chi connectivity index (χ1n) is 12.1. The number of fused-ring (bicyclic) bond motifs is 1. The highest BCUT2D eigenvalue weighted by Gasteiger charge is 2.34. The average molecular weight is 528 g/mol. The molecule has 0 fully saturated rings. The summed E-state index contributed by atoms with van der Waals surface area (Å²) in [7, 11) is 1.58. The molecule has 192 valence electrons. The summed E-state index contributed by atoms with van der Waals surface area (Å²) in [6, 6.07) is 27.6. The summed E-state index contributed by atoms with van der Waals surface area (Å²) in [5, 5.41) is 0.681. The molecule has 0 saturated heterocycles. The maximum absolute atomic E-state index is 13.7. The van der Waals surface area contributed by atoms with Gasteiger partial charge in [-0.2, -0.15) is 0 Å². The van der Waals surface area contributed by atoms with Gasteiger partial charge in [0.15, 0.2) is 0 Å². The van der Waals surface area contributed by atoms with Gasteiger partial charge in [-0.25, -0.2) is 4.79 Å². The summed E-state index contributed by atoms with van der Waals surface area (Å²) >= 11 is 6.02. The minimum absolute atomic E-state index is 0.222. The van der Waals surface area contributed by atoms with Crippen molar-refractivity contribution in [3.05, 3.63) is 113 Å². The molecule has 1 heterocycles. The first kappa shape index (κ1) is 25.4. The van der Waals surface area contributed by atoms with Crippen LogP contribution < -0.4 is 14.4 Å². The zero-order chi connectivity index (χ0) is 26.9. The lowest BCUT2D eigenvalue weighted by molar-refractivity contribution is -0.127. The van der Waals surface area contributed by atoms with E-state index in [-0.39, 0.29) is 18.0 Å². The average Bonchev–Trinajstić information content (AvgIpc) is 2.91. The summed E-state index contributed by atoms with van der Waals surface area (Å²) < 4.78 is 16.4. The highest BCUT2D eigenvalue weighted by molar-refractivity contribution is 6.30. The van der Waals surface area contributed by atoms with E-state index < -0.39 is 11.8 Å². The molecule has 1 aliphatic rings. The Morgan fingerprint density at radius 3 is 2.13 bits per heavy atom. The Labute approximate surface area is 226 Å². The first-order chi connectivity index (χ1) is 18.2. The predicted molar refractivity (Wildman–Crippen MR) is 147 cm³/mol. The molecule has 0 aromatic heterocycles. The molecule has 0 unspecified atom stereocenters. The Morgan fingerprint density at radius 1 is 0.868 bits per heavy atom. The number of rotatable bonds is 6. The molecule has 0 atom stereocenters. The largest absolute Gasteiger partial charge is 0.497 e. The maximum atomic E-state index is 13.7. The van der Waals surface area contributed by atoms with E-state index in [0.29, 0.717) is 27.8 Å². The standard InChI is InChI=1S/C31H26ClNO5/c1-31(2)37-28-17-14-25(18-27(28)30(35)38-31)33(29(34)23-10-15-26(36-3)16-11-23)19-20-4-6-21(7-5-20)22-8-12-24(32)13-9-22/h4-18H,19H2,1-3H3. The molecule has 0 saturated carbocycles. The van der Waals surface area contributed by atoms with Gasteiger partial charge >= 0.3 is 5.97 Å². The van der Waals surface area contributed by atoms with Crippen molar-refractivity contribution in [1.29, 1.82) is 0 Å². The van der Waals surface area contributed by atoms with Crippen LogP contribution in [0.3, 0.4) is 0 Å². The van der Waals surface area contributed by atoms with Crippen molar-refractivity contribution in [1.82, 2.24) is 0 Å². The van der Waals surface area contributed by atoms with Gasteiger partial charge in [0.05, 0.1) is 13.7 Å². The van der Waals surface area contributed by atoms with Crippen LogP contribution in [0.15, 0.2) is 91.0 Å². The smallest absolute Gasteiger partial charge is 0.345 e. The monoisotopic (exact) mass is 527 g/mol. The van der Waals surface area contributed by atoms with E-state index in [9.17, 15) is 9.59 Å². The summed E-state index contributed by atoms with van der Waals surface area (Å²) in [5.74, 6) is -0.709. The van der Waals surface area contributed by atoms with E-state index in [0.717, 1.165) is 16.7 Å². The quantitative estimate of drug-likeness (QED) is 0.249. The van der Waals surface area contributed by atoms with Crippen LogP contribution in [0.25, 0.3) is 11.1 Å². The molecule has 6 nitrogen and oxygen atoms in total. The minimum Gasteiger partial charge on any atom is -0.497 e. The van der Waals surface area contributed by atoms with Gasteiger partial charge in [-0.05, 0) is 71.3 Å². The predicted octanol–water partition coefficient (Wildman–Crippen LogP) is 7.15. The molecular weight excluding hydrogens is 502 g/mol. The Bertz CT molecular complexity index is 1480. The molecule has 7 heteroatoms. The lowest BCUT2D eigenvalue weighted by Crippen LogP contribution is -2.39. The number of ether oxygens (including phenoxy) is 3. The highest BCUT2D eigenvalue weighted by Crippen LogP contribution is 2.35. The van der Waals surface area contributed by atoms with Crippen LogP contribution in [0, 0.1) is 0 Å². The van der Waals surface area contributed by atoms with E-state index in [4.69, 9.17) is 25.8 Å². The van der Waals surface area contributed by atoms with Crippen molar-refractivity contribution in [2.24, 2.45) is 0 Å². The molecule has 4 aromatic carbocycles. The first-order valence-corrected chi connectivity index (χ1v) is 12.5. The fourth-order valence-corrected chi connectivity index (χ4v) is 4.42. The molecule has 38 heavy (non-hydrogen) atoms. The van der Waals surface area contributed by atoms with Crippen molar-refractivity contribution < 1.29 is 23.8 Å². The molecule has 0 aliphatic carbocycles. The summed E-state index contributed by atoms with van der Waals surface area (Å²) in [6.07, 6.45) is 0. The van der Waals surface area contributed by atoms with Gasteiger partial charge < -0.3 is 19.1 Å². The van der Waals surface area contributed by atoms with Gasteiger partial charge in [0.1, 0.15) is 17.1 Å². The van der Waals surface area contributed by atoms with Gasteiger partial charge in [0, 0.05) is 30.1 Å². The third-order valence-corrected chi connectivity index (χ3v) is 6.50. The molecule has 4 aromatic rings. The fraction of sp³-hybridized carbons (Fsp3) is 0.161. The van der Waals surface area contributed by atoms with E-state index >= 15 is 0 Å². The van der Waals surface area contributed by atoms with E-state index in [1.807, 2.05) is 48.5 Å². The van der Waals surface area contributed by atoms with Crippen LogP contribution in [0.2, 0.25) is 5.02 Å². The zero-order valence-electron chi connectivity index (χ0n) is 21.2. The van der Waals surface area contributed by atoms with Crippen LogP contribution in [0.4, 0.5) is 5.69 Å². The third-order valence-electron chi connectivity index (χ3n) is 6.24. The Balaban J connectivity index is 1.49. The van der Waals surface area contributed by atoms with Crippen molar-refractivity contribution in [2.75, 3.05) is 12.0 Å². The Morgan fingerprint density at radius 2 is 1.50 bits per heavy atom. The number of amides is 1. The van der Waals surface area contributed by atoms with Gasteiger partial charge in [-0.1, -0.05) is 48.0 Å². The maximum Gasteiger partial charge on any atom is 0.345 e. The third kappa shape index (κ3) is 5.36. The molecular formula is C31H26ClNO5. The van der Waals surface area contributed by atoms with E-state index in [1.54, 1.807) is 68.3 Å².